The molecular weight excluding hydrogens is 281 g/mol. The molecule has 1 amide bonds. The molecule has 2 aromatic rings. The highest BCUT2D eigenvalue weighted by Gasteiger charge is 2.33. The van der Waals surface area contributed by atoms with E-state index in [-0.39, 0.29) is 9.71 Å². The van der Waals surface area contributed by atoms with Crippen LogP contribution in [0.1, 0.15) is 20.9 Å². The van der Waals surface area contributed by atoms with Crippen molar-refractivity contribution in [1.82, 2.24) is 10.5 Å². The normalized spacial score (nSPS) is 11.8. The van der Waals surface area contributed by atoms with Crippen LogP contribution in [0.3, 0.4) is 0 Å². The molecule has 0 saturated heterocycles. The lowest BCUT2D eigenvalue weighted by Gasteiger charge is -2.04. The molecule has 19 heavy (non-hydrogen) atoms. The quantitative estimate of drug-likeness (QED) is 0.865. The summed E-state index contributed by atoms with van der Waals surface area (Å²) >= 11 is 0.899. The second-order valence-electron chi connectivity index (χ2n) is 3.74. The Morgan fingerprint density at radius 3 is 2.68 bits per heavy atom. The summed E-state index contributed by atoms with van der Waals surface area (Å²) in [5.74, 6) is -0.503. The van der Waals surface area contributed by atoms with Crippen molar-refractivity contribution in [2.75, 3.05) is 7.11 Å². The molecular formula is C11H9F3N2O2S. The third-order valence-electron chi connectivity index (χ3n) is 2.50. The second-order valence-corrected chi connectivity index (χ2v) is 4.74. The van der Waals surface area contributed by atoms with Gasteiger partial charge in [0.15, 0.2) is 0 Å². The Morgan fingerprint density at radius 2 is 2.11 bits per heavy atom. The van der Waals surface area contributed by atoms with Gasteiger partial charge in [-0.05, 0) is 24.6 Å². The van der Waals surface area contributed by atoms with Crippen LogP contribution in [0.4, 0.5) is 13.2 Å². The monoisotopic (exact) mass is 290 g/mol. The Labute approximate surface area is 110 Å². The van der Waals surface area contributed by atoms with Crippen LogP contribution in [-0.4, -0.2) is 18.0 Å². The van der Waals surface area contributed by atoms with Crippen molar-refractivity contribution < 1.29 is 22.8 Å². The Hall–Kier alpha value is -1.67. The van der Waals surface area contributed by atoms with Gasteiger partial charge in [-0.25, -0.2) is 10.5 Å². The number of aryl methyl sites for hydroxylation is 1. The predicted octanol–water partition coefficient (Wildman–Crippen LogP) is 2.91. The number of pyridine rings is 1. The van der Waals surface area contributed by atoms with E-state index in [0.29, 0.717) is 10.9 Å². The molecule has 0 aliphatic carbocycles. The van der Waals surface area contributed by atoms with Crippen molar-refractivity contribution in [3.8, 4) is 0 Å². The molecule has 2 heterocycles. The summed E-state index contributed by atoms with van der Waals surface area (Å²) in [5, 5.41) is 0.527. The maximum atomic E-state index is 12.5. The van der Waals surface area contributed by atoms with Gasteiger partial charge in [0.05, 0.1) is 12.0 Å². The van der Waals surface area contributed by atoms with Gasteiger partial charge in [-0.2, -0.15) is 13.2 Å². The van der Waals surface area contributed by atoms with E-state index in [0.717, 1.165) is 17.4 Å². The van der Waals surface area contributed by atoms with Gasteiger partial charge in [-0.1, -0.05) is 0 Å². The smallest absolute Gasteiger partial charge is 0.277 e. The topological polar surface area (TPSA) is 51.2 Å². The first-order valence-corrected chi connectivity index (χ1v) is 5.97. The lowest BCUT2D eigenvalue weighted by atomic mass is 10.2. The molecule has 4 nitrogen and oxygen atoms in total. The highest BCUT2D eigenvalue weighted by molar-refractivity contribution is 7.20. The van der Waals surface area contributed by atoms with E-state index in [1.165, 1.54) is 13.2 Å². The standard InChI is InChI=1S/C11H9F3N2O2S/c1-5-6-3-4-7(11(12,13)14)15-10(6)19-8(5)9(17)16-18-2/h3-4H,1-2H3,(H,16,17). The molecule has 0 bridgehead atoms. The largest absolute Gasteiger partial charge is 0.433 e. The van der Waals surface area contributed by atoms with Crippen molar-refractivity contribution in [2.24, 2.45) is 0 Å². The highest BCUT2D eigenvalue weighted by Crippen LogP contribution is 2.34. The fraction of sp³-hybridized carbons (Fsp3) is 0.273. The summed E-state index contributed by atoms with van der Waals surface area (Å²) in [6.45, 7) is 1.65. The number of hydroxylamine groups is 1. The van der Waals surface area contributed by atoms with Crippen molar-refractivity contribution in [3.63, 3.8) is 0 Å². The minimum Gasteiger partial charge on any atom is -0.277 e. The summed E-state index contributed by atoms with van der Waals surface area (Å²) in [4.78, 5) is 20.1. The zero-order valence-corrected chi connectivity index (χ0v) is 10.8. The maximum absolute atomic E-state index is 12.5. The van der Waals surface area contributed by atoms with E-state index >= 15 is 0 Å². The molecule has 102 valence electrons. The van der Waals surface area contributed by atoms with Crippen LogP contribution in [0.5, 0.6) is 0 Å². The third kappa shape index (κ3) is 2.54. The number of alkyl halides is 3. The lowest BCUT2D eigenvalue weighted by molar-refractivity contribution is -0.140. The second kappa shape index (κ2) is 4.78. The molecule has 8 heteroatoms. The van der Waals surface area contributed by atoms with Gasteiger partial charge in [0.2, 0.25) is 0 Å². The Bertz CT molecular complexity index is 637. The molecule has 2 rings (SSSR count). The van der Waals surface area contributed by atoms with Crippen LogP contribution >= 0.6 is 11.3 Å². The Morgan fingerprint density at radius 1 is 1.42 bits per heavy atom. The van der Waals surface area contributed by atoms with Gasteiger partial charge >= 0.3 is 6.18 Å². The van der Waals surface area contributed by atoms with Crippen molar-refractivity contribution in [2.45, 2.75) is 13.1 Å². The number of hydrogen-bond donors (Lipinski definition) is 1. The number of carbonyl (C=O) groups excluding carboxylic acids is 1. The number of rotatable bonds is 2. The van der Waals surface area contributed by atoms with Crippen LogP contribution in [0.15, 0.2) is 12.1 Å². The zero-order chi connectivity index (χ0) is 14.2. The van der Waals surface area contributed by atoms with E-state index in [1.54, 1.807) is 6.92 Å². The molecule has 0 spiro atoms. The fourth-order valence-electron chi connectivity index (χ4n) is 1.61. The number of thiophene rings is 1. The first-order chi connectivity index (χ1) is 8.84. The van der Waals surface area contributed by atoms with Gasteiger partial charge in [-0.15, -0.1) is 11.3 Å². The zero-order valence-electron chi connectivity index (χ0n) is 9.96. The van der Waals surface area contributed by atoms with E-state index < -0.39 is 17.8 Å². The molecule has 0 atom stereocenters. The van der Waals surface area contributed by atoms with Gasteiger partial charge in [0, 0.05) is 5.39 Å². The first-order valence-electron chi connectivity index (χ1n) is 5.15. The molecule has 0 radical (unpaired) electrons. The summed E-state index contributed by atoms with van der Waals surface area (Å²) < 4.78 is 37.6. The minimum absolute atomic E-state index is 0.175. The van der Waals surface area contributed by atoms with E-state index in [2.05, 4.69) is 15.3 Å². The van der Waals surface area contributed by atoms with Crippen LogP contribution in [-0.2, 0) is 11.0 Å². The van der Waals surface area contributed by atoms with Crippen LogP contribution in [0.25, 0.3) is 10.2 Å². The van der Waals surface area contributed by atoms with Crippen molar-refractivity contribution in [3.05, 3.63) is 28.3 Å². The number of hydrogen-bond acceptors (Lipinski definition) is 4. The Kier molecular flexibility index (Phi) is 3.46. The number of nitrogens with zero attached hydrogens (tertiary/aromatic N) is 1. The summed E-state index contributed by atoms with van der Waals surface area (Å²) in [7, 11) is 1.28. The van der Waals surface area contributed by atoms with Gasteiger partial charge < -0.3 is 0 Å². The van der Waals surface area contributed by atoms with E-state index in [9.17, 15) is 18.0 Å². The molecule has 0 fully saturated rings. The van der Waals surface area contributed by atoms with Gasteiger partial charge in [-0.3, -0.25) is 9.63 Å². The lowest BCUT2D eigenvalue weighted by Crippen LogP contribution is -2.21. The van der Waals surface area contributed by atoms with Crippen LogP contribution in [0, 0.1) is 6.92 Å². The average molecular weight is 290 g/mol. The molecule has 1 N–H and O–H groups in total. The molecule has 2 aromatic heterocycles. The molecule has 0 unspecified atom stereocenters. The fourth-order valence-corrected chi connectivity index (χ4v) is 2.68. The molecule has 0 saturated carbocycles. The van der Waals surface area contributed by atoms with Crippen molar-refractivity contribution in [1.29, 1.82) is 0 Å². The molecule has 0 aliphatic rings. The summed E-state index contributed by atoms with van der Waals surface area (Å²) in [5.41, 5.74) is 1.74. The molecule has 0 aliphatic heterocycles. The Balaban J connectivity index is 2.54. The molecule has 0 aromatic carbocycles. The number of amides is 1. The minimum atomic E-state index is -4.50. The number of aromatic nitrogens is 1. The first kappa shape index (κ1) is 13.8. The van der Waals surface area contributed by atoms with E-state index in [4.69, 9.17) is 0 Å². The number of fused-ring (bicyclic) bond motifs is 1. The van der Waals surface area contributed by atoms with Gasteiger partial charge in [0.25, 0.3) is 5.91 Å². The van der Waals surface area contributed by atoms with E-state index in [1.807, 2.05) is 0 Å². The van der Waals surface area contributed by atoms with Crippen LogP contribution in [0.2, 0.25) is 0 Å². The van der Waals surface area contributed by atoms with Crippen molar-refractivity contribution >= 4 is 27.5 Å². The maximum Gasteiger partial charge on any atom is 0.433 e. The third-order valence-corrected chi connectivity index (χ3v) is 3.70. The summed E-state index contributed by atoms with van der Waals surface area (Å²) in [6.07, 6.45) is -4.50. The highest BCUT2D eigenvalue weighted by atomic mass is 32.1. The summed E-state index contributed by atoms with van der Waals surface area (Å²) in [6, 6.07) is 2.22. The van der Waals surface area contributed by atoms with Gasteiger partial charge in [0.1, 0.15) is 10.5 Å². The average Bonchev–Trinajstić information content (AvgIpc) is 2.66. The number of carbonyl (C=O) groups is 1. The number of nitrogens with one attached hydrogen (secondary N) is 1. The SMILES string of the molecule is CONC(=O)c1sc2nc(C(F)(F)F)ccc2c1C. The predicted molar refractivity (Wildman–Crippen MR) is 63.8 cm³/mol. The number of halogens is 3. The van der Waals surface area contributed by atoms with Crippen LogP contribution < -0.4 is 5.48 Å².